The summed E-state index contributed by atoms with van der Waals surface area (Å²) in [5, 5.41) is 0.205. The Morgan fingerprint density at radius 3 is 2.70 bits per heavy atom. The lowest BCUT2D eigenvalue weighted by Crippen LogP contribution is -2.38. The Labute approximate surface area is 167 Å². The van der Waals surface area contributed by atoms with Gasteiger partial charge in [0.1, 0.15) is 11.5 Å². The molecule has 9 nitrogen and oxygen atoms in total. The predicted molar refractivity (Wildman–Crippen MR) is 103 cm³/mol. The molecule has 11 heteroatoms. The number of alkyl halides is 2. The minimum atomic E-state index is -2.79. The van der Waals surface area contributed by atoms with Gasteiger partial charge in [-0.05, 0) is 25.0 Å². The van der Waals surface area contributed by atoms with E-state index in [1.165, 1.54) is 11.0 Å². The molecule has 3 aromatic rings. The van der Waals surface area contributed by atoms with Crippen molar-refractivity contribution in [3.05, 3.63) is 73.0 Å². The van der Waals surface area contributed by atoms with Crippen LogP contribution in [0.5, 0.6) is 0 Å². The van der Waals surface area contributed by atoms with Crippen molar-refractivity contribution in [2.45, 2.75) is 31.9 Å². The van der Waals surface area contributed by atoms with Crippen molar-refractivity contribution in [1.29, 1.82) is 0 Å². The number of likely N-dealkylation sites (tertiary alicyclic amines) is 1. The van der Waals surface area contributed by atoms with Gasteiger partial charge in [-0.1, -0.05) is 12.1 Å². The molecule has 0 radical (unpaired) electrons. The SMILES string of the molecule is O=C(c1cc(=O)[nH]c(=O)[nH]1)N1CCCC1c1nc2ccccc2c(=O)n1CC(F)F. The fourth-order valence-electron chi connectivity index (χ4n) is 3.77. The van der Waals surface area contributed by atoms with E-state index in [0.717, 1.165) is 10.6 Å². The molecular weight excluding hydrogens is 400 g/mol. The van der Waals surface area contributed by atoms with Crippen LogP contribution in [0.15, 0.2) is 44.7 Å². The molecule has 2 N–H and O–H groups in total. The number of nitrogens with zero attached hydrogens (tertiary/aromatic N) is 3. The number of rotatable bonds is 4. The van der Waals surface area contributed by atoms with Gasteiger partial charge in [-0.25, -0.2) is 18.6 Å². The second kappa shape index (κ2) is 7.65. The number of H-pyrrole nitrogens is 2. The first-order chi connectivity index (χ1) is 14.3. The van der Waals surface area contributed by atoms with E-state index < -0.39 is 41.7 Å². The largest absolute Gasteiger partial charge is 0.327 e. The van der Waals surface area contributed by atoms with Crippen molar-refractivity contribution in [1.82, 2.24) is 24.4 Å². The Morgan fingerprint density at radius 1 is 1.20 bits per heavy atom. The van der Waals surface area contributed by atoms with Crippen molar-refractivity contribution >= 4 is 16.8 Å². The molecule has 4 rings (SSSR count). The van der Waals surface area contributed by atoms with Gasteiger partial charge in [0.05, 0.1) is 23.5 Å². The minimum absolute atomic E-state index is 0.0528. The van der Waals surface area contributed by atoms with Crippen LogP contribution in [0.3, 0.4) is 0 Å². The second-order valence-electron chi connectivity index (χ2n) is 6.95. The fraction of sp³-hybridized carbons (Fsp3) is 0.316. The lowest BCUT2D eigenvalue weighted by Gasteiger charge is -2.26. The number of fused-ring (bicyclic) bond motifs is 1. The maximum atomic E-state index is 13.2. The van der Waals surface area contributed by atoms with Crippen LogP contribution < -0.4 is 16.8 Å². The number of amides is 1. The van der Waals surface area contributed by atoms with Crippen LogP contribution in [-0.4, -0.2) is 43.3 Å². The van der Waals surface area contributed by atoms with Gasteiger partial charge in [-0.3, -0.25) is 23.9 Å². The summed E-state index contributed by atoms with van der Waals surface area (Å²) in [6, 6.07) is 6.61. The van der Waals surface area contributed by atoms with E-state index in [1.54, 1.807) is 18.2 Å². The summed E-state index contributed by atoms with van der Waals surface area (Å²) in [6.45, 7) is -0.595. The van der Waals surface area contributed by atoms with E-state index in [9.17, 15) is 28.0 Å². The van der Waals surface area contributed by atoms with Gasteiger partial charge in [0.15, 0.2) is 0 Å². The number of para-hydroxylation sites is 1. The zero-order chi connectivity index (χ0) is 21.4. The van der Waals surface area contributed by atoms with Crippen LogP contribution in [0.4, 0.5) is 8.78 Å². The van der Waals surface area contributed by atoms with Gasteiger partial charge < -0.3 is 9.88 Å². The molecule has 1 unspecified atom stereocenters. The van der Waals surface area contributed by atoms with E-state index in [0.29, 0.717) is 18.4 Å². The molecule has 0 bridgehead atoms. The monoisotopic (exact) mass is 417 g/mol. The zero-order valence-corrected chi connectivity index (χ0v) is 15.6. The molecule has 1 saturated heterocycles. The Kier molecular flexibility index (Phi) is 5.02. The van der Waals surface area contributed by atoms with Crippen LogP contribution in [0.25, 0.3) is 10.9 Å². The Balaban J connectivity index is 1.84. The Bertz CT molecular complexity index is 1270. The smallest absolute Gasteiger partial charge is 0.326 e. The number of hydrogen-bond donors (Lipinski definition) is 2. The van der Waals surface area contributed by atoms with E-state index in [1.807, 2.05) is 4.98 Å². The van der Waals surface area contributed by atoms with Gasteiger partial charge in [-0.15, -0.1) is 0 Å². The number of hydrogen-bond acceptors (Lipinski definition) is 5. The average molecular weight is 417 g/mol. The molecule has 30 heavy (non-hydrogen) atoms. The van der Waals surface area contributed by atoms with Crippen LogP contribution in [-0.2, 0) is 6.54 Å². The minimum Gasteiger partial charge on any atom is -0.327 e. The van der Waals surface area contributed by atoms with Crippen LogP contribution in [0, 0.1) is 0 Å². The summed E-state index contributed by atoms with van der Waals surface area (Å²) >= 11 is 0. The van der Waals surface area contributed by atoms with Crippen LogP contribution in [0.1, 0.15) is 35.2 Å². The third-order valence-electron chi connectivity index (χ3n) is 5.01. The summed E-state index contributed by atoms with van der Waals surface area (Å²) in [6.07, 6.45) is -1.85. The maximum Gasteiger partial charge on any atom is 0.326 e. The molecule has 1 amide bonds. The number of aromatic nitrogens is 4. The highest BCUT2D eigenvalue weighted by Crippen LogP contribution is 2.32. The van der Waals surface area contributed by atoms with Gasteiger partial charge in [0.25, 0.3) is 23.5 Å². The Hall–Kier alpha value is -3.63. The third-order valence-corrected chi connectivity index (χ3v) is 5.01. The Morgan fingerprint density at radius 2 is 1.97 bits per heavy atom. The molecule has 3 heterocycles. The van der Waals surface area contributed by atoms with Crippen molar-refractivity contribution < 1.29 is 13.6 Å². The number of carbonyl (C=O) groups is 1. The standard InChI is InChI=1S/C19H17F2N5O4/c20-14(21)9-26-16(22-11-5-2-1-4-10(11)17(26)28)13-6-3-7-25(13)18(29)12-8-15(27)24-19(30)23-12/h1-2,4-5,8,13-14H,3,6-7,9H2,(H2,23,24,27,30). The predicted octanol–water partition coefficient (Wildman–Crippen LogP) is 1.02. The van der Waals surface area contributed by atoms with Gasteiger partial charge >= 0.3 is 5.69 Å². The van der Waals surface area contributed by atoms with E-state index >= 15 is 0 Å². The molecule has 0 saturated carbocycles. The summed E-state index contributed by atoms with van der Waals surface area (Å²) in [7, 11) is 0. The van der Waals surface area contributed by atoms with Crippen LogP contribution >= 0.6 is 0 Å². The first kappa shape index (κ1) is 19.7. The van der Waals surface area contributed by atoms with E-state index in [-0.39, 0.29) is 23.4 Å². The first-order valence-electron chi connectivity index (χ1n) is 9.27. The maximum absolute atomic E-state index is 13.2. The first-order valence-corrected chi connectivity index (χ1v) is 9.27. The van der Waals surface area contributed by atoms with Crippen LogP contribution in [0.2, 0.25) is 0 Å². The van der Waals surface area contributed by atoms with Gasteiger partial charge in [-0.2, -0.15) is 0 Å². The molecule has 1 fully saturated rings. The number of benzene rings is 1. The summed E-state index contributed by atoms with van der Waals surface area (Å²) < 4.78 is 27.4. The van der Waals surface area contributed by atoms with E-state index in [4.69, 9.17) is 0 Å². The number of nitrogens with one attached hydrogen (secondary N) is 2. The summed E-state index contributed by atoms with van der Waals surface area (Å²) in [4.78, 5) is 58.9. The molecule has 1 atom stereocenters. The molecule has 1 aliphatic rings. The summed E-state index contributed by atoms with van der Waals surface area (Å²) in [5.74, 6) is -0.594. The lowest BCUT2D eigenvalue weighted by atomic mass is 10.1. The molecule has 1 aliphatic heterocycles. The highest BCUT2D eigenvalue weighted by atomic mass is 19.3. The second-order valence-corrected chi connectivity index (χ2v) is 6.95. The molecular formula is C19H17F2N5O4. The third kappa shape index (κ3) is 3.53. The highest BCUT2D eigenvalue weighted by Gasteiger charge is 2.35. The number of carbonyl (C=O) groups excluding carboxylic acids is 1. The molecule has 156 valence electrons. The van der Waals surface area contributed by atoms with Crippen molar-refractivity contribution in [2.75, 3.05) is 6.54 Å². The molecule has 2 aromatic heterocycles. The quantitative estimate of drug-likeness (QED) is 0.657. The topological polar surface area (TPSA) is 121 Å². The molecule has 0 spiro atoms. The van der Waals surface area contributed by atoms with Gasteiger partial charge in [0, 0.05) is 12.6 Å². The zero-order valence-electron chi connectivity index (χ0n) is 15.6. The molecule has 1 aromatic carbocycles. The molecule has 0 aliphatic carbocycles. The normalized spacial score (nSPS) is 16.5. The number of aromatic amines is 2. The van der Waals surface area contributed by atoms with Crippen molar-refractivity contribution in [2.24, 2.45) is 0 Å². The van der Waals surface area contributed by atoms with Gasteiger partial charge in [0.2, 0.25) is 0 Å². The van der Waals surface area contributed by atoms with Crippen molar-refractivity contribution in [3.8, 4) is 0 Å². The van der Waals surface area contributed by atoms with E-state index in [2.05, 4.69) is 9.97 Å². The van der Waals surface area contributed by atoms with Crippen molar-refractivity contribution in [3.63, 3.8) is 0 Å². The fourth-order valence-corrected chi connectivity index (χ4v) is 3.77. The summed E-state index contributed by atoms with van der Waals surface area (Å²) in [5.41, 5.74) is -2.07. The average Bonchev–Trinajstić information content (AvgIpc) is 3.18. The highest BCUT2D eigenvalue weighted by molar-refractivity contribution is 5.92. The number of halogens is 2. The lowest BCUT2D eigenvalue weighted by molar-refractivity contribution is 0.0714.